The third kappa shape index (κ3) is 3.85. The van der Waals surface area contributed by atoms with Crippen molar-refractivity contribution in [3.05, 3.63) is 28.2 Å². The van der Waals surface area contributed by atoms with E-state index in [1.165, 1.54) is 5.56 Å². The van der Waals surface area contributed by atoms with Crippen LogP contribution in [0.2, 0.25) is 0 Å². The SMILES string of the molecule is CCOc1ccc(Br)cc1[C@@H]1CNCCN1.Cl. The lowest BCUT2D eigenvalue weighted by Crippen LogP contribution is -2.42. The minimum Gasteiger partial charge on any atom is -0.494 e. The Kier molecular flexibility index (Phi) is 6.27. The topological polar surface area (TPSA) is 33.3 Å². The van der Waals surface area contributed by atoms with Gasteiger partial charge in [-0.1, -0.05) is 15.9 Å². The number of hydrogen-bond donors (Lipinski definition) is 2. The summed E-state index contributed by atoms with van der Waals surface area (Å²) in [6, 6.07) is 6.52. The molecule has 0 amide bonds. The first-order valence-corrected chi connectivity index (χ1v) is 6.47. The van der Waals surface area contributed by atoms with Gasteiger partial charge in [-0.05, 0) is 25.1 Å². The Labute approximate surface area is 117 Å². The Morgan fingerprint density at radius 2 is 2.24 bits per heavy atom. The van der Waals surface area contributed by atoms with E-state index in [0.29, 0.717) is 12.6 Å². The number of benzene rings is 1. The maximum atomic E-state index is 5.66. The Balaban J connectivity index is 0.00000144. The van der Waals surface area contributed by atoms with E-state index in [4.69, 9.17) is 4.74 Å². The van der Waals surface area contributed by atoms with E-state index in [0.717, 1.165) is 29.9 Å². The fraction of sp³-hybridized carbons (Fsp3) is 0.500. The van der Waals surface area contributed by atoms with E-state index in [1.54, 1.807) is 0 Å². The van der Waals surface area contributed by atoms with Gasteiger partial charge >= 0.3 is 0 Å². The van der Waals surface area contributed by atoms with E-state index >= 15 is 0 Å². The summed E-state index contributed by atoms with van der Waals surface area (Å²) >= 11 is 3.51. The van der Waals surface area contributed by atoms with Crippen LogP contribution in [0.15, 0.2) is 22.7 Å². The van der Waals surface area contributed by atoms with Crippen LogP contribution < -0.4 is 15.4 Å². The summed E-state index contributed by atoms with van der Waals surface area (Å²) in [5.74, 6) is 0.979. The molecule has 1 aromatic rings. The zero-order chi connectivity index (χ0) is 11.4. The van der Waals surface area contributed by atoms with Crippen LogP contribution in [0, 0.1) is 0 Å². The largest absolute Gasteiger partial charge is 0.494 e. The molecule has 1 heterocycles. The third-order valence-electron chi connectivity index (χ3n) is 2.69. The monoisotopic (exact) mass is 320 g/mol. The van der Waals surface area contributed by atoms with Gasteiger partial charge in [0, 0.05) is 35.7 Å². The van der Waals surface area contributed by atoms with Crippen LogP contribution in [0.3, 0.4) is 0 Å². The molecule has 3 nitrogen and oxygen atoms in total. The number of hydrogen-bond acceptors (Lipinski definition) is 3. The van der Waals surface area contributed by atoms with Crippen molar-refractivity contribution in [2.45, 2.75) is 13.0 Å². The van der Waals surface area contributed by atoms with E-state index < -0.39 is 0 Å². The Bertz CT molecular complexity index is 356. The molecule has 1 aliphatic heterocycles. The molecule has 0 spiro atoms. The number of ether oxygens (including phenoxy) is 1. The van der Waals surface area contributed by atoms with E-state index in [2.05, 4.69) is 32.6 Å². The van der Waals surface area contributed by atoms with Crippen molar-refractivity contribution in [3.8, 4) is 5.75 Å². The standard InChI is InChI=1S/C12H17BrN2O.ClH/c1-2-16-12-4-3-9(13)7-10(12)11-8-14-5-6-15-11;/h3-4,7,11,14-15H,2,5-6,8H2,1H3;1H/t11-;/m0./s1. The Morgan fingerprint density at radius 3 is 2.88 bits per heavy atom. The van der Waals surface area contributed by atoms with Gasteiger partial charge in [0.15, 0.2) is 0 Å². The number of rotatable bonds is 3. The highest BCUT2D eigenvalue weighted by molar-refractivity contribution is 9.10. The van der Waals surface area contributed by atoms with Crippen LogP contribution in [0.1, 0.15) is 18.5 Å². The molecule has 5 heteroatoms. The predicted octanol–water partition coefficient (Wildman–Crippen LogP) is 2.50. The predicted molar refractivity (Wildman–Crippen MR) is 76.2 cm³/mol. The molecule has 1 aliphatic rings. The van der Waals surface area contributed by atoms with Gasteiger partial charge in [-0.2, -0.15) is 0 Å². The molecule has 0 saturated carbocycles. The fourth-order valence-corrected chi connectivity index (χ4v) is 2.33. The molecule has 17 heavy (non-hydrogen) atoms. The second-order valence-corrected chi connectivity index (χ2v) is 4.74. The average Bonchev–Trinajstić information content (AvgIpc) is 2.33. The molecule has 1 atom stereocenters. The Morgan fingerprint density at radius 1 is 1.41 bits per heavy atom. The molecule has 1 fully saturated rings. The molecule has 1 aromatic carbocycles. The van der Waals surface area contributed by atoms with Gasteiger partial charge in [-0.25, -0.2) is 0 Å². The first kappa shape index (κ1) is 14.8. The van der Waals surface area contributed by atoms with Gasteiger partial charge in [0.2, 0.25) is 0 Å². The average molecular weight is 322 g/mol. The molecule has 2 N–H and O–H groups in total. The van der Waals surface area contributed by atoms with Gasteiger partial charge in [0.05, 0.1) is 6.61 Å². The fourth-order valence-electron chi connectivity index (χ4n) is 1.95. The highest BCUT2D eigenvalue weighted by Gasteiger charge is 2.18. The number of nitrogens with one attached hydrogen (secondary N) is 2. The Hall–Kier alpha value is -0.290. The number of piperazine rings is 1. The lowest BCUT2D eigenvalue weighted by atomic mass is 10.0. The summed E-state index contributed by atoms with van der Waals surface area (Å²) in [6.45, 7) is 5.71. The van der Waals surface area contributed by atoms with Crippen molar-refractivity contribution in [3.63, 3.8) is 0 Å². The highest BCUT2D eigenvalue weighted by Crippen LogP contribution is 2.29. The van der Waals surface area contributed by atoms with Crippen LogP contribution in [0.5, 0.6) is 5.75 Å². The van der Waals surface area contributed by atoms with Gasteiger partial charge in [0.1, 0.15) is 5.75 Å². The molecule has 2 rings (SSSR count). The smallest absolute Gasteiger partial charge is 0.124 e. The van der Waals surface area contributed by atoms with Crippen molar-refractivity contribution in [1.82, 2.24) is 10.6 Å². The molecule has 0 radical (unpaired) electrons. The van der Waals surface area contributed by atoms with Crippen molar-refractivity contribution in [2.75, 3.05) is 26.2 Å². The summed E-state index contributed by atoms with van der Waals surface area (Å²) in [4.78, 5) is 0. The molecule has 0 unspecified atom stereocenters. The molecule has 0 bridgehead atoms. The van der Waals surface area contributed by atoms with Crippen LogP contribution in [0.4, 0.5) is 0 Å². The van der Waals surface area contributed by atoms with E-state index in [-0.39, 0.29) is 12.4 Å². The first-order valence-electron chi connectivity index (χ1n) is 5.67. The molecular formula is C12H18BrClN2O. The molecule has 0 aliphatic carbocycles. The quantitative estimate of drug-likeness (QED) is 0.897. The maximum absolute atomic E-state index is 5.66. The molecule has 96 valence electrons. The zero-order valence-electron chi connectivity index (χ0n) is 9.83. The number of halogens is 2. The minimum absolute atomic E-state index is 0. The van der Waals surface area contributed by atoms with Gasteiger partial charge in [0.25, 0.3) is 0 Å². The normalized spacial score (nSPS) is 19.5. The highest BCUT2D eigenvalue weighted by atomic mass is 79.9. The second-order valence-electron chi connectivity index (χ2n) is 3.83. The summed E-state index contributed by atoms with van der Waals surface area (Å²) < 4.78 is 6.75. The summed E-state index contributed by atoms with van der Waals surface area (Å²) in [7, 11) is 0. The van der Waals surface area contributed by atoms with Crippen LogP contribution in [0.25, 0.3) is 0 Å². The van der Waals surface area contributed by atoms with Crippen LogP contribution >= 0.6 is 28.3 Å². The lowest BCUT2D eigenvalue weighted by molar-refractivity contribution is 0.326. The first-order chi connectivity index (χ1) is 7.81. The van der Waals surface area contributed by atoms with Crippen molar-refractivity contribution in [2.24, 2.45) is 0 Å². The van der Waals surface area contributed by atoms with Crippen molar-refractivity contribution < 1.29 is 4.74 Å². The summed E-state index contributed by atoms with van der Waals surface area (Å²) in [5.41, 5.74) is 1.23. The van der Waals surface area contributed by atoms with Gasteiger partial charge in [-0.15, -0.1) is 12.4 Å². The van der Waals surface area contributed by atoms with E-state index in [9.17, 15) is 0 Å². The molecular weight excluding hydrogens is 304 g/mol. The van der Waals surface area contributed by atoms with Gasteiger partial charge < -0.3 is 15.4 Å². The lowest BCUT2D eigenvalue weighted by Gasteiger charge is -2.26. The third-order valence-corrected chi connectivity index (χ3v) is 3.18. The van der Waals surface area contributed by atoms with E-state index in [1.807, 2.05) is 19.1 Å². The maximum Gasteiger partial charge on any atom is 0.124 e. The van der Waals surface area contributed by atoms with Gasteiger partial charge in [-0.3, -0.25) is 0 Å². The van der Waals surface area contributed by atoms with Crippen molar-refractivity contribution in [1.29, 1.82) is 0 Å². The summed E-state index contributed by atoms with van der Waals surface area (Å²) in [6.07, 6.45) is 0. The summed E-state index contributed by atoms with van der Waals surface area (Å²) in [5, 5.41) is 6.89. The minimum atomic E-state index is 0. The van der Waals surface area contributed by atoms with Crippen LogP contribution in [-0.2, 0) is 0 Å². The van der Waals surface area contributed by atoms with Crippen LogP contribution in [-0.4, -0.2) is 26.2 Å². The van der Waals surface area contributed by atoms with Crippen molar-refractivity contribution >= 4 is 28.3 Å². The molecule has 0 aromatic heterocycles. The second kappa shape index (κ2) is 7.21. The zero-order valence-corrected chi connectivity index (χ0v) is 12.2. The molecule has 1 saturated heterocycles.